The lowest BCUT2D eigenvalue weighted by atomic mass is 9.84. The predicted molar refractivity (Wildman–Crippen MR) is 76.8 cm³/mol. The van der Waals surface area contributed by atoms with Crippen LogP contribution in [0.25, 0.3) is 0 Å². The minimum atomic E-state index is 0.927. The Morgan fingerprint density at radius 3 is 1.94 bits per heavy atom. The molecule has 0 aromatic carbocycles. The number of nitrogens with zero attached hydrogens (tertiary/aromatic N) is 2. The van der Waals surface area contributed by atoms with Crippen molar-refractivity contribution in [2.45, 2.75) is 57.9 Å². The van der Waals surface area contributed by atoms with Crippen LogP contribution in [0.1, 0.15) is 51.9 Å². The minimum Gasteiger partial charge on any atom is -0.301 e. The van der Waals surface area contributed by atoms with Crippen molar-refractivity contribution in [2.75, 3.05) is 32.7 Å². The summed E-state index contributed by atoms with van der Waals surface area (Å²) in [5, 5.41) is 0. The molecule has 0 radical (unpaired) electrons. The second kappa shape index (κ2) is 5.92. The van der Waals surface area contributed by atoms with Gasteiger partial charge in [-0.1, -0.05) is 13.3 Å². The monoisotopic (exact) mass is 250 g/mol. The quantitative estimate of drug-likeness (QED) is 0.757. The fourth-order valence-corrected chi connectivity index (χ4v) is 3.89. The highest BCUT2D eigenvalue weighted by atomic mass is 15.3. The van der Waals surface area contributed by atoms with Crippen LogP contribution >= 0.6 is 0 Å². The van der Waals surface area contributed by atoms with Gasteiger partial charge in [-0.15, -0.1) is 0 Å². The fourth-order valence-electron chi connectivity index (χ4n) is 3.89. The van der Waals surface area contributed by atoms with Gasteiger partial charge in [0, 0.05) is 38.8 Å². The topological polar surface area (TPSA) is 6.48 Å². The van der Waals surface area contributed by atoms with Crippen LogP contribution in [0.3, 0.4) is 0 Å². The van der Waals surface area contributed by atoms with E-state index in [-0.39, 0.29) is 0 Å². The van der Waals surface area contributed by atoms with E-state index in [0.717, 1.165) is 17.9 Å². The second-order valence-corrected chi connectivity index (χ2v) is 6.86. The zero-order chi connectivity index (χ0) is 12.4. The van der Waals surface area contributed by atoms with Crippen molar-refractivity contribution in [1.82, 2.24) is 9.80 Å². The lowest BCUT2D eigenvalue weighted by molar-refractivity contribution is 0.0682. The average Bonchev–Trinajstić information content (AvgIpc) is 3.24. The maximum Gasteiger partial charge on any atom is 0.0113 e. The van der Waals surface area contributed by atoms with E-state index in [0.29, 0.717) is 0 Å². The molecule has 0 amide bonds. The standard InChI is InChI=1S/C16H30N2/c1-2-14-5-7-16(8-6-14)18-11-9-17(10-12-18)13-15-3-4-15/h14-16H,2-13H2,1H3/t14-,16-. The number of piperazine rings is 1. The molecule has 18 heavy (non-hydrogen) atoms. The molecular formula is C16H30N2. The van der Waals surface area contributed by atoms with Gasteiger partial charge >= 0.3 is 0 Å². The van der Waals surface area contributed by atoms with Gasteiger partial charge in [-0.3, -0.25) is 4.90 Å². The van der Waals surface area contributed by atoms with Crippen LogP contribution in [0, 0.1) is 11.8 Å². The molecule has 1 aliphatic heterocycles. The molecular weight excluding hydrogens is 220 g/mol. The highest BCUT2D eigenvalue weighted by Crippen LogP contribution is 2.32. The van der Waals surface area contributed by atoms with Crippen LogP contribution in [0.15, 0.2) is 0 Å². The Labute approximate surface area is 113 Å². The number of hydrogen-bond acceptors (Lipinski definition) is 2. The molecule has 2 heteroatoms. The van der Waals surface area contributed by atoms with Crippen molar-refractivity contribution < 1.29 is 0 Å². The summed E-state index contributed by atoms with van der Waals surface area (Å²) in [7, 11) is 0. The van der Waals surface area contributed by atoms with Crippen LogP contribution < -0.4 is 0 Å². The highest BCUT2D eigenvalue weighted by Gasteiger charge is 2.30. The SMILES string of the molecule is CC[C@H]1CC[C@H](N2CCN(CC3CC3)CC2)CC1. The van der Waals surface area contributed by atoms with Crippen LogP contribution in [-0.2, 0) is 0 Å². The van der Waals surface area contributed by atoms with E-state index in [9.17, 15) is 0 Å². The van der Waals surface area contributed by atoms with Gasteiger partial charge in [0.1, 0.15) is 0 Å². The third kappa shape index (κ3) is 3.27. The maximum atomic E-state index is 2.80. The van der Waals surface area contributed by atoms with Gasteiger partial charge in [0.25, 0.3) is 0 Å². The van der Waals surface area contributed by atoms with E-state index in [4.69, 9.17) is 0 Å². The van der Waals surface area contributed by atoms with Gasteiger partial charge in [0.05, 0.1) is 0 Å². The van der Waals surface area contributed by atoms with Crippen LogP contribution in [-0.4, -0.2) is 48.6 Å². The molecule has 0 aromatic heterocycles. The molecule has 3 aliphatic rings. The summed E-state index contributed by atoms with van der Waals surface area (Å²) in [6.07, 6.45) is 10.3. The largest absolute Gasteiger partial charge is 0.301 e. The lowest BCUT2D eigenvalue weighted by Gasteiger charge is -2.42. The molecule has 1 heterocycles. The zero-order valence-corrected chi connectivity index (χ0v) is 12.1. The summed E-state index contributed by atoms with van der Waals surface area (Å²) in [4.78, 5) is 5.51. The van der Waals surface area contributed by atoms with Crippen molar-refractivity contribution >= 4 is 0 Å². The number of rotatable bonds is 4. The summed E-state index contributed by atoms with van der Waals surface area (Å²) in [6.45, 7) is 9.12. The average molecular weight is 250 g/mol. The first-order valence-corrected chi connectivity index (χ1v) is 8.31. The first-order valence-electron chi connectivity index (χ1n) is 8.31. The van der Waals surface area contributed by atoms with Crippen molar-refractivity contribution in [3.63, 3.8) is 0 Å². The Morgan fingerprint density at radius 2 is 1.39 bits per heavy atom. The Morgan fingerprint density at radius 1 is 0.778 bits per heavy atom. The first kappa shape index (κ1) is 12.9. The Kier molecular flexibility index (Phi) is 4.25. The summed E-state index contributed by atoms with van der Waals surface area (Å²) in [6, 6.07) is 0.927. The molecule has 3 rings (SSSR count). The summed E-state index contributed by atoms with van der Waals surface area (Å²) in [5.41, 5.74) is 0. The van der Waals surface area contributed by atoms with Gasteiger partial charge in [0.15, 0.2) is 0 Å². The van der Waals surface area contributed by atoms with E-state index >= 15 is 0 Å². The third-order valence-corrected chi connectivity index (χ3v) is 5.53. The molecule has 0 unspecified atom stereocenters. The second-order valence-electron chi connectivity index (χ2n) is 6.86. The highest BCUT2D eigenvalue weighted by molar-refractivity contribution is 4.85. The smallest absolute Gasteiger partial charge is 0.0113 e. The molecule has 3 fully saturated rings. The van der Waals surface area contributed by atoms with Crippen LogP contribution in [0.2, 0.25) is 0 Å². The van der Waals surface area contributed by atoms with Crippen molar-refractivity contribution in [2.24, 2.45) is 11.8 Å². The van der Waals surface area contributed by atoms with Crippen LogP contribution in [0.4, 0.5) is 0 Å². The molecule has 0 atom stereocenters. The fraction of sp³-hybridized carbons (Fsp3) is 1.00. The Hall–Kier alpha value is -0.0800. The van der Waals surface area contributed by atoms with Gasteiger partial charge in [-0.2, -0.15) is 0 Å². The molecule has 2 saturated carbocycles. The van der Waals surface area contributed by atoms with Gasteiger partial charge in [-0.05, 0) is 50.4 Å². The Bertz CT molecular complexity index is 246. The molecule has 2 aliphatic carbocycles. The molecule has 104 valence electrons. The summed E-state index contributed by atoms with van der Waals surface area (Å²) < 4.78 is 0. The summed E-state index contributed by atoms with van der Waals surface area (Å²) >= 11 is 0. The predicted octanol–water partition coefficient (Wildman–Crippen LogP) is 2.98. The van der Waals surface area contributed by atoms with Crippen LogP contribution in [0.5, 0.6) is 0 Å². The zero-order valence-electron chi connectivity index (χ0n) is 12.1. The van der Waals surface area contributed by atoms with Crippen molar-refractivity contribution in [3.8, 4) is 0 Å². The molecule has 0 aromatic rings. The van der Waals surface area contributed by atoms with Crippen molar-refractivity contribution in [3.05, 3.63) is 0 Å². The molecule has 1 saturated heterocycles. The third-order valence-electron chi connectivity index (χ3n) is 5.53. The lowest BCUT2D eigenvalue weighted by Crippen LogP contribution is -2.51. The van der Waals surface area contributed by atoms with E-state index in [2.05, 4.69) is 16.7 Å². The van der Waals surface area contributed by atoms with Gasteiger partial charge in [-0.25, -0.2) is 0 Å². The number of hydrogen-bond donors (Lipinski definition) is 0. The molecule has 0 spiro atoms. The Balaban J connectivity index is 1.39. The van der Waals surface area contributed by atoms with E-state index in [1.807, 2.05) is 0 Å². The van der Waals surface area contributed by atoms with E-state index < -0.39 is 0 Å². The normalized spacial score (nSPS) is 35.8. The first-order chi connectivity index (χ1) is 8.85. The van der Waals surface area contributed by atoms with E-state index in [1.165, 1.54) is 77.7 Å². The molecule has 0 N–H and O–H groups in total. The van der Waals surface area contributed by atoms with Gasteiger partial charge < -0.3 is 4.90 Å². The summed E-state index contributed by atoms with van der Waals surface area (Å²) in [5.74, 6) is 2.11. The van der Waals surface area contributed by atoms with Gasteiger partial charge in [0.2, 0.25) is 0 Å². The molecule has 0 bridgehead atoms. The van der Waals surface area contributed by atoms with E-state index in [1.54, 1.807) is 0 Å². The van der Waals surface area contributed by atoms with Crippen molar-refractivity contribution in [1.29, 1.82) is 0 Å². The maximum absolute atomic E-state index is 2.80. The minimum absolute atomic E-state index is 0.927. The molecule has 2 nitrogen and oxygen atoms in total.